The highest BCUT2D eigenvalue weighted by Crippen LogP contribution is 2.26. The van der Waals surface area contributed by atoms with Gasteiger partial charge in [-0.2, -0.15) is 0 Å². The maximum absolute atomic E-state index is 13.2. The Labute approximate surface area is 120 Å². The van der Waals surface area contributed by atoms with Crippen LogP contribution in [0.5, 0.6) is 11.5 Å². The number of ether oxygens (including phenoxy) is 1. The van der Waals surface area contributed by atoms with Crippen molar-refractivity contribution in [3.8, 4) is 11.5 Å². The second-order valence-corrected chi connectivity index (χ2v) is 4.36. The molecule has 0 aliphatic heterocycles. The van der Waals surface area contributed by atoms with Crippen LogP contribution < -0.4 is 5.32 Å². The number of esters is 1. The van der Waals surface area contributed by atoms with E-state index in [4.69, 9.17) is 0 Å². The molecule has 0 spiro atoms. The number of anilines is 1. The van der Waals surface area contributed by atoms with E-state index in [1.807, 2.05) is 0 Å². The Bertz CT molecular complexity index is 673. The summed E-state index contributed by atoms with van der Waals surface area (Å²) >= 11 is 0. The van der Waals surface area contributed by atoms with Crippen molar-refractivity contribution >= 4 is 11.7 Å². The van der Waals surface area contributed by atoms with Gasteiger partial charge in [-0.15, -0.1) is 0 Å². The van der Waals surface area contributed by atoms with Gasteiger partial charge >= 0.3 is 5.97 Å². The highest BCUT2D eigenvalue weighted by Gasteiger charge is 2.13. The minimum atomic E-state index is -0.648. The van der Waals surface area contributed by atoms with Crippen LogP contribution in [0.1, 0.15) is 15.9 Å². The summed E-state index contributed by atoms with van der Waals surface area (Å²) in [5.74, 6) is -1.63. The van der Waals surface area contributed by atoms with E-state index in [0.717, 1.165) is 6.07 Å². The molecule has 0 aliphatic carbocycles. The molecule has 2 rings (SSSR count). The number of benzene rings is 2. The zero-order valence-electron chi connectivity index (χ0n) is 11.3. The third kappa shape index (κ3) is 3.42. The van der Waals surface area contributed by atoms with Gasteiger partial charge in [0.15, 0.2) is 11.5 Å². The fourth-order valence-electron chi connectivity index (χ4n) is 1.83. The standard InChI is InChI=1S/C15H14FNO4/c1-21-15(20)11-7-10(16)3-4-12(11)17-8-9-2-5-13(18)14(19)6-9/h2-7,17-19H,8H2,1H3. The monoisotopic (exact) mass is 291 g/mol. The van der Waals surface area contributed by atoms with Crippen LogP contribution in [0.3, 0.4) is 0 Å². The van der Waals surface area contributed by atoms with Crippen LogP contribution in [0, 0.1) is 5.82 Å². The number of carbonyl (C=O) groups is 1. The minimum Gasteiger partial charge on any atom is -0.504 e. The van der Waals surface area contributed by atoms with Crippen molar-refractivity contribution in [3.05, 3.63) is 53.3 Å². The zero-order valence-corrected chi connectivity index (χ0v) is 11.3. The van der Waals surface area contributed by atoms with Gasteiger partial charge in [-0.05, 0) is 35.9 Å². The van der Waals surface area contributed by atoms with Gasteiger partial charge < -0.3 is 20.3 Å². The number of phenolic OH excluding ortho intramolecular Hbond substituents is 2. The number of aromatic hydroxyl groups is 2. The van der Waals surface area contributed by atoms with E-state index in [1.165, 1.54) is 31.4 Å². The van der Waals surface area contributed by atoms with Gasteiger partial charge in [0.05, 0.1) is 12.7 Å². The Morgan fingerprint density at radius 2 is 1.95 bits per heavy atom. The summed E-state index contributed by atoms with van der Waals surface area (Å²) in [5.41, 5.74) is 1.18. The molecule has 0 bridgehead atoms. The molecule has 0 aromatic heterocycles. The van der Waals surface area contributed by atoms with Crippen LogP contribution in [-0.2, 0) is 11.3 Å². The van der Waals surface area contributed by atoms with Gasteiger partial charge in [0.1, 0.15) is 5.82 Å². The van der Waals surface area contributed by atoms with E-state index in [9.17, 15) is 19.4 Å². The molecule has 0 saturated carbocycles. The molecule has 2 aromatic carbocycles. The van der Waals surface area contributed by atoms with Crippen molar-refractivity contribution in [2.24, 2.45) is 0 Å². The van der Waals surface area contributed by atoms with Crippen LogP contribution in [0.4, 0.5) is 10.1 Å². The van der Waals surface area contributed by atoms with Crippen molar-refractivity contribution in [1.29, 1.82) is 0 Å². The average molecular weight is 291 g/mol. The fraction of sp³-hybridized carbons (Fsp3) is 0.133. The number of carbonyl (C=O) groups excluding carboxylic acids is 1. The summed E-state index contributed by atoms with van der Waals surface area (Å²) in [6.45, 7) is 0.281. The van der Waals surface area contributed by atoms with Gasteiger partial charge in [0.25, 0.3) is 0 Å². The zero-order chi connectivity index (χ0) is 15.4. The van der Waals surface area contributed by atoms with Gasteiger partial charge in [-0.1, -0.05) is 6.07 Å². The summed E-state index contributed by atoms with van der Waals surface area (Å²) in [5, 5.41) is 21.6. The Morgan fingerprint density at radius 3 is 2.62 bits per heavy atom. The van der Waals surface area contributed by atoms with E-state index >= 15 is 0 Å². The number of methoxy groups -OCH3 is 1. The quantitative estimate of drug-likeness (QED) is 0.596. The number of hydrogen-bond donors (Lipinski definition) is 3. The summed E-state index contributed by atoms with van der Waals surface area (Å²) < 4.78 is 17.8. The molecule has 110 valence electrons. The van der Waals surface area contributed by atoms with Crippen LogP contribution in [-0.4, -0.2) is 23.3 Å². The highest BCUT2D eigenvalue weighted by atomic mass is 19.1. The molecule has 0 saturated heterocycles. The first-order valence-electron chi connectivity index (χ1n) is 6.14. The summed E-state index contributed by atoms with van der Waals surface area (Å²) in [7, 11) is 1.22. The van der Waals surface area contributed by atoms with Crippen molar-refractivity contribution < 1.29 is 24.1 Å². The molecular formula is C15H14FNO4. The van der Waals surface area contributed by atoms with E-state index in [1.54, 1.807) is 6.07 Å². The molecule has 0 unspecified atom stereocenters. The first-order chi connectivity index (χ1) is 10.0. The fourth-order valence-corrected chi connectivity index (χ4v) is 1.83. The number of nitrogens with one attached hydrogen (secondary N) is 1. The number of halogens is 1. The molecule has 2 aromatic rings. The van der Waals surface area contributed by atoms with Crippen LogP contribution >= 0.6 is 0 Å². The first kappa shape index (κ1) is 14.6. The van der Waals surface area contributed by atoms with E-state index in [2.05, 4.69) is 10.1 Å². The lowest BCUT2D eigenvalue weighted by atomic mass is 10.1. The lowest BCUT2D eigenvalue weighted by Crippen LogP contribution is -2.08. The third-order valence-electron chi connectivity index (χ3n) is 2.91. The predicted octanol–water partition coefficient (Wildman–Crippen LogP) is 2.64. The summed E-state index contributed by atoms with van der Waals surface area (Å²) in [4.78, 5) is 11.6. The van der Waals surface area contributed by atoms with Crippen LogP contribution in [0.2, 0.25) is 0 Å². The van der Waals surface area contributed by atoms with Gasteiger partial charge in [-0.3, -0.25) is 0 Å². The van der Waals surface area contributed by atoms with Gasteiger partial charge in [-0.25, -0.2) is 9.18 Å². The number of hydrogen-bond acceptors (Lipinski definition) is 5. The van der Waals surface area contributed by atoms with Crippen molar-refractivity contribution in [2.45, 2.75) is 6.54 Å². The Kier molecular flexibility index (Phi) is 4.27. The summed E-state index contributed by atoms with van der Waals surface area (Å²) in [6.07, 6.45) is 0. The second kappa shape index (κ2) is 6.13. The maximum atomic E-state index is 13.2. The smallest absolute Gasteiger partial charge is 0.340 e. The maximum Gasteiger partial charge on any atom is 0.340 e. The van der Waals surface area contributed by atoms with Crippen molar-refractivity contribution in [3.63, 3.8) is 0 Å². The summed E-state index contributed by atoms with van der Waals surface area (Å²) in [6, 6.07) is 8.11. The largest absolute Gasteiger partial charge is 0.504 e. The van der Waals surface area contributed by atoms with Crippen molar-refractivity contribution in [2.75, 3.05) is 12.4 Å². The lowest BCUT2D eigenvalue weighted by Gasteiger charge is -2.11. The minimum absolute atomic E-state index is 0.0838. The van der Waals surface area contributed by atoms with Gasteiger partial charge in [0, 0.05) is 12.2 Å². The molecule has 0 radical (unpaired) electrons. The lowest BCUT2D eigenvalue weighted by molar-refractivity contribution is 0.0601. The first-order valence-corrected chi connectivity index (χ1v) is 6.14. The molecule has 0 amide bonds. The normalized spacial score (nSPS) is 10.2. The molecule has 3 N–H and O–H groups in total. The molecule has 5 nitrogen and oxygen atoms in total. The molecule has 0 atom stereocenters. The van der Waals surface area contributed by atoms with Crippen LogP contribution in [0.25, 0.3) is 0 Å². The van der Waals surface area contributed by atoms with E-state index in [-0.39, 0.29) is 23.6 Å². The van der Waals surface area contributed by atoms with E-state index in [0.29, 0.717) is 11.3 Å². The average Bonchev–Trinajstić information content (AvgIpc) is 2.48. The van der Waals surface area contributed by atoms with Crippen molar-refractivity contribution in [1.82, 2.24) is 0 Å². The number of phenols is 2. The Balaban J connectivity index is 2.19. The van der Waals surface area contributed by atoms with Gasteiger partial charge in [0.2, 0.25) is 0 Å². The Hall–Kier alpha value is -2.76. The molecule has 0 aliphatic rings. The molecule has 21 heavy (non-hydrogen) atoms. The third-order valence-corrected chi connectivity index (χ3v) is 2.91. The molecular weight excluding hydrogens is 277 g/mol. The SMILES string of the molecule is COC(=O)c1cc(F)ccc1NCc1ccc(O)c(O)c1. The van der Waals surface area contributed by atoms with Crippen LogP contribution in [0.15, 0.2) is 36.4 Å². The Morgan fingerprint density at radius 1 is 1.19 bits per heavy atom. The van der Waals surface area contributed by atoms with E-state index < -0.39 is 11.8 Å². The molecule has 0 fully saturated rings. The number of rotatable bonds is 4. The molecule has 6 heteroatoms. The highest BCUT2D eigenvalue weighted by molar-refractivity contribution is 5.95. The molecule has 0 heterocycles. The second-order valence-electron chi connectivity index (χ2n) is 4.36. The topological polar surface area (TPSA) is 78.8 Å². The predicted molar refractivity (Wildman–Crippen MR) is 74.8 cm³/mol.